The second-order valence-electron chi connectivity index (χ2n) is 12.6. The van der Waals surface area contributed by atoms with E-state index in [0.717, 1.165) is 0 Å². The molecule has 0 saturated carbocycles. The van der Waals surface area contributed by atoms with E-state index in [2.05, 4.69) is 78.9 Å². The van der Waals surface area contributed by atoms with E-state index < -0.39 is 24.2 Å². The third-order valence-electron chi connectivity index (χ3n) is 4.94. The van der Waals surface area contributed by atoms with Crippen LogP contribution in [0.25, 0.3) is 0 Å². The van der Waals surface area contributed by atoms with Crippen molar-refractivity contribution >= 4 is 48.0 Å². The summed E-state index contributed by atoms with van der Waals surface area (Å²) in [5.74, 6) is 4.96. The molecule has 0 bridgehead atoms. The van der Waals surface area contributed by atoms with Gasteiger partial charge in [0.1, 0.15) is 0 Å². The summed E-state index contributed by atoms with van der Waals surface area (Å²) in [6, 6.07) is 0. The Morgan fingerprint density at radius 1 is 0.441 bits per heavy atom. The topological polar surface area (TPSA) is 59.7 Å². The fourth-order valence-corrected chi connectivity index (χ4v) is 29.3. The quantitative estimate of drug-likeness (QED) is 0.120. The van der Waals surface area contributed by atoms with Crippen molar-refractivity contribution in [2.24, 2.45) is 0 Å². The maximum Gasteiger partial charge on any atom is 0 e. The van der Waals surface area contributed by atoms with Gasteiger partial charge in [-0.05, 0) is 73.6 Å². The Morgan fingerprint density at radius 2 is 0.588 bits per heavy atom. The molecule has 0 amide bonds. The third kappa shape index (κ3) is 30.1. The van der Waals surface area contributed by atoms with Crippen LogP contribution in [-0.4, -0.2) is 78.5 Å². The second-order valence-corrected chi connectivity index (χ2v) is 38.4. The molecule has 1 heterocycles. The van der Waals surface area contributed by atoms with Gasteiger partial charge in [-0.15, -0.1) is 23.8 Å². The van der Waals surface area contributed by atoms with Gasteiger partial charge in [0.2, 0.25) is 0 Å². The summed E-state index contributed by atoms with van der Waals surface area (Å²) in [5.41, 5.74) is 0. The summed E-state index contributed by atoms with van der Waals surface area (Å²) >= 11 is 0. The zero-order valence-corrected chi connectivity index (χ0v) is 31.2. The predicted molar refractivity (Wildman–Crippen MR) is 160 cm³/mol. The minimum Gasteiger partial charge on any atom is 0 e. The van der Waals surface area contributed by atoms with E-state index in [-0.39, 0.29) is 21.1 Å². The Labute approximate surface area is 234 Å². The summed E-state index contributed by atoms with van der Waals surface area (Å²) < 4.78 is 22.5. The summed E-state index contributed by atoms with van der Waals surface area (Å²) in [5, 5.41) is 0. The molecule has 0 aromatic heterocycles. The zero-order chi connectivity index (χ0) is 26.7. The largest absolute Gasteiger partial charge is 0 e. The van der Waals surface area contributed by atoms with Crippen LogP contribution in [0, 0.1) is 20.0 Å². The molecule has 3 nitrogen and oxygen atoms in total. The maximum absolute atomic E-state index is 7.50. The van der Waals surface area contributed by atoms with Crippen LogP contribution in [0.3, 0.4) is 0 Å². The summed E-state index contributed by atoms with van der Waals surface area (Å²) in [6.45, 7) is 37.0. The minimum atomic E-state index is -0.892. The molecule has 198 valence electrons. The molecule has 1 fully saturated rings. The number of rotatable bonds is 6. The first-order valence-corrected chi connectivity index (χ1v) is 28.8. The Kier molecular flexibility index (Phi) is 30.2. The molecule has 0 aromatic carbocycles. The van der Waals surface area contributed by atoms with Crippen LogP contribution >= 0.6 is 23.8 Å². The summed E-state index contributed by atoms with van der Waals surface area (Å²) in [4.78, 5) is 0. The van der Waals surface area contributed by atoms with Gasteiger partial charge in [0.15, 0.2) is 0 Å². The first kappa shape index (κ1) is 42.9. The van der Waals surface area contributed by atoms with E-state index in [1.165, 1.54) is 0 Å². The maximum atomic E-state index is 7.50. The molecule has 34 heavy (non-hydrogen) atoms. The van der Waals surface area contributed by atoms with E-state index in [1.807, 2.05) is 0 Å². The Morgan fingerprint density at radius 3 is 0.706 bits per heavy atom. The molecule has 0 unspecified atom stereocenters. The van der Waals surface area contributed by atoms with Crippen LogP contribution in [-0.2, 0) is 35.0 Å². The fourth-order valence-electron chi connectivity index (χ4n) is 4.38. The van der Waals surface area contributed by atoms with Crippen LogP contribution in [0.2, 0.25) is 58.9 Å². The zero-order valence-electron chi connectivity index (χ0n) is 23.5. The number of hydrogen-bond acceptors (Lipinski definition) is 0. The first-order valence-electron chi connectivity index (χ1n) is 12.0. The standard InChI is InChI=1S/C21H51P3Si3.3CO.Mo/c1-25(2,3)19-22-13-10-15-23(20-26(4,5)6)17-12-18-24(16-11-14-22)21-27(7,8)9;3*1-2;/h10-21H2,1-9H3;;;;. The Balaban J connectivity index is -0.000000593. The molecule has 0 radical (unpaired) electrons. The van der Waals surface area contributed by atoms with Crippen molar-refractivity contribution in [2.75, 3.05) is 54.3 Å². The molecule has 0 spiro atoms. The van der Waals surface area contributed by atoms with E-state index >= 15 is 0 Å². The monoisotopic (exact) mass is 662 g/mol. The van der Waals surface area contributed by atoms with Crippen molar-refractivity contribution in [3.05, 3.63) is 20.0 Å². The van der Waals surface area contributed by atoms with Crippen LogP contribution in [0.5, 0.6) is 0 Å². The molecule has 0 atom stereocenters. The van der Waals surface area contributed by atoms with Gasteiger partial charge in [-0.25, -0.2) is 0 Å². The molecule has 1 aliphatic heterocycles. The minimum absolute atomic E-state index is 0. The SMILES string of the molecule is C[Si](C)(C)CP1CCCP(C[Si](C)(C)C)CCCP(C[Si](C)(C)C)CCC1.[C-]#[O+].[C-]#[O+].[C-]#[O+].[Mo]. The van der Waals surface area contributed by atoms with Gasteiger partial charge in [-0.1, -0.05) is 58.9 Å². The molecule has 0 aromatic rings. The van der Waals surface area contributed by atoms with Crippen molar-refractivity contribution in [1.29, 1.82) is 0 Å². The van der Waals surface area contributed by atoms with Crippen LogP contribution in [0.1, 0.15) is 19.3 Å². The smallest absolute Gasteiger partial charge is 0 e. The third-order valence-corrected chi connectivity index (χ3v) is 27.4. The molecule has 0 N–H and O–H groups in total. The van der Waals surface area contributed by atoms with Crippen molar-refractivity contribution in [2.45, 2.75) is 78.2 Å². The van der Waals surface area contributed by atoms with Gasteiger partial charge in [-0.3, -0.25) is 0 Å². The molecule has 10 heteroatoms. The van der Waals surface area contributed by atoms with Gasteiger partial charge in [-0.2, -0.15) is 0 Å². The molecular formula is C24H51MoO3P3Si3. The van der Waals surface area contributed by atoms with Crippen molar-refractivity contribution < 1.29 is 35.0 Å². The second kappa shape index (κ2) is 23.9. The molecule has 1 aliphatic rings. The van der Waals surface area contributed by atoms with Crippen LogP contribution in [0.15, 0.2) is 0 Å². The van der Waals surface area contributed by atoms with Gasteiger partial charge in [0, 0.05) is 45.3 Å². The van der Waals surface area contributed by atoms with Crippen molar-refractivity contribution in [1.82, 2.24) is 0 Å². The Hall–Kier alpha value is 1.85. The van der Waals surface area contributed by atoms with E-state index in [0.29, 0.717) is 23.8 Å². The summed E-state index contributed by atoms with van der Waals surface area (Å²) in [7, 11) is -1.63. The molecule has 0 aliphatic carbocycles. The van der Waals surface area contributed by atoms with Gasteiger partial charge < -0.3 is 0 Å². The molecule has 1 rings (SSSR count). The van der Waals surface area contributed by atoms with E-state index in [1.54, 1.807) is 73.6 Å². The Bertz CT molecular complexity index is 454. The van der Waals surface area contributed by atoms with E-state index in [9.17, 15) is 0 Å². The average molecular weight is 661 g/mol. The van der Waals surface area contributed by atoms with Crippen LogP contribution in [0.4, 0.5) is 0 Å². The number of hydrogen-bond donors (Lipinski definition) is 0. The average Bonchev–Trinajstić information content (AvgIpc) is 2.68. The molecule has 1 saturated heterocycles. The summed E-state index contributed by atoms with van der Waals surface area (Å²) in [6.07, 6.45) is 14.5. The predicted octanol–water partition coefficient (Wildman–Crippen LogP) is 8.13. The van der Waals surface area contributed by atoms with E-state index in [4.69, 9.17) is 14.0 Å². The molecular weight excluding hydrogens is 609 g/mol. The van der Waals surface area contributed by atoms with Gasteiger partial charge in [0.05, 0.1) is 0 Å². The normalized spacial score (nSPS) is 22.1. The van der Waals surface area contributed by atoms with Crippen molar-refractivity contribution in [3.8, 4) is 0 Å². The van der Waals surface area contributed by atoms with Crippen molar-refractivity contribution in [3.63, 3.8) is 0 Å². The van der Waals surface area contributed by atoms with Gasteiger partial charge in [0.25, 0.3) is 0 Å². The van der Waals surface area contributed by atoms with Gasteiger partial charge >= 0.3 is 33.9 Å². The van der Waals surface area contributed by atoms with Crippen LogP contribution < -0.4 is 0 Å². The first-order chi connectivity index (χ1) is 15.2. The fraction of sp³-hybridized carbons (Fsp3) is 0.875.